The van der Waals surface area contributed by atoms with E-state index in [2.05, 4.69) is 0 Å². The Balaban J connectivity index is 2.51. The van der Waals surface area contributed by atoms with Gasteiger partial charge in [0.2, 0.25) is 0 Å². The molecule has 0 aliphatic rings. The van der Waals surface area contributed by atoms with Crippen LogP contribution in [0.15, 0.2) is 24.3 Å². The zero-order valence-corrected chi connectivity index (χ0v) is 9.79. The quantitative estimate of drug-likeness (QED) is 0.806. The van der Waals surface area contributed by atoms with Gasteiger partial charge in [-0.1, -0.05) is 19.1 Å². The maximum atomic E-state index is 9.86. The van der Waals surface area contributed by atoms with Crippen LogP contribution in [0.1, 0.15) is 32.3 Å². The molecule has 0 spiro atoms. The Morgan fingerprint density at radius 1 is 1.27 bits per heavy atom. The van der Waals surface area contributed by atoms with Gasteiger partial charge in [-0.15, -0.1) is 0 Å². The third-order valence-electron chi connectivity index (χ3n) is 2.87. The van der Waals surface area contributed by atoms with E-state index in [1.165, 1.54) is 5.56 Å². The summed E-state index contributed by atoms with van der Waals surface area (Å²) in [6.45, 7) is 3.89. The van der Waals surface area contributed by atoms with Gasteiger partial charge in [0.15, 0.2) is 0 Å². The van der Waals surface area contributed by atoms with Crippen molar-refractivity contribution in [3.63, 3.8) is 0 Å². The molecule has 0 saturated carbocycles. The summed E-state index contributed by atoms with van der Waals surface area (Å²) in [6.07, 6.45) is 2.50. The summed E-state index contributed by atoms with van der Waals surface area (Å²) in [5, 5.41) is 9.86. The first-order chi connectivity index (χ1) is 7.07. The van der Waals surface area contributed by atoms with Crippen LogP contribution in [0.4, 0.5) is 0 Å². The molecule has 0 aliphatic heterocycles. The fourth-order valence-electron chi connectivity index (χ4n) is 1.38. The highest BCUT2D eigenvalue weighted by Gasteiger charge is 2.16. The molecular formula is C13H20O2. The van der Waals surface area contributed by atoms with Gasteiger partial charge >= 0.3 is 0 Å². The number of aryl methyl sites for hydroxylation is 1. The molecule has 0 bridgehead atoms. The van der Waals surface area contributed by atoms with Crippen molar-refractivity contribution in [3.8, 4) is 5.75 Å². The highest BCUT2D eigenvalue weighted by Crippen LogP contribution is 2.18. The van der Waals surface area contributed by atoms with E-state index in [1.807, 2.05) is 38.1 Å². The maximum Gasteiger partial charge on any atom is 0.118 e. The van der Waals surface area contributed by atoms with Gasteiger partial charge in [0.05, 0.1) is 12.7 Å². The molecular weight excluding hydrogens is 188 g/mol. The lowest BCUT2D eigenvalue weighted by Crippen LogP contribution is -2.23. The van der Waals surface area contributed by atoms with Crippen molar-refractivity contribution >= 4 is 0 Å². The monoisotopic (exact) mass is 208 g/mol. The zero-order chi connectivity index (χ0) is 11.3. The largest absolute Gasteiger partial charge is 0.497 e. The number of hydrogen-bond donors (Lipinski definition) is 1. The molecule has 0 amide bonds. The average molecular weight is 208 g/mol. The van der Waals surface area contributed by atoms with Crippen molar-refractivity contribution in [1.82, 2.24) is 0 Å². The second kappa shape index (κ2) is 5.17. The van der Waals surface area contributed by atoms with Crippen molar-refractivity contribution in [2.45, 2.75) is 38.7 Å². The lowest BCUT2D eigenvalue weighted by Gasteiger charge is -2.20. The summed E-state index contributed by atoms with van der Waals surface area (Å²) in [4.78, 5) is 0. The Bertz CT molecular complexity index is 288. The van der Waals surface area contributed by atoms with Crippen molar-refractivity contribution in [3.05, 3.63) is 29.8 Å². The smallest absolute Gasteiger partial charge is 0.118 e. The summed E-state index contributed by atoms with van der Waals surface area (Å²) in [5.41, 5.74) is 0.699. The average Bonchev–Trinajstić information content (AvgIpc) is 2.27. The van der Waals surface area contributed by atoms with Gasteiger partial charge in [0, 0.05) is 0 Å². The molecule has 1 unspecified atom stereocenters. The molecule has 1 rings (SSSR count). The van der Waals surface area contributed by atoms with E-state index in [0.29, 0.717) is 0 Å². The molecule has 0 radical (unpaired) electrons. The molecule has 1 aromatic rings. The van der Waals surface area contributed by atoms with E-state index in [0.717, 1.165) is 25.0 Å². The van der Waals surface area contributed by atoms with E-state index >= 15 is 0 Å². The van der Waals surface area contributed by atoms with E-state index < -0.39 is 5.60 Å². The first-order valence-electron chi connectivity index (χ1n) is 5.43. The Morgan fingerprint density at radius 3 is 2.33 bits per heavy atom. The highest BCUT2D eigenvalue weighted by atomic mass is 16.5. The zero-order valence-electron chi connectivity index (χ0n) is 9.79. The standard InChI is InChI=1S/C13H20O2/c1-4-13(2,14)10-9-11-5-7-12(15-3)8-6-11/h5-8,14H,4,9-10H2,1-3H3. The second-order valence-corrected chi connectivity index (χ2v) is 4.20. The summed E-state index contributed by atoms with van der Waals surface area (Å²) >= 11 is 0. The van der Waals surface area contributed by atoms with Gasteiger partial charge in [0.1, 0.15) is 5.75 Å². The first kappa shape index (κ1) is 12.1. The number of rotatable bonds is 5. The normalized spacial score (nSPS) is 14.7. The van der Waals surface area contributed by atoms with E-state index in [4.69, 9.17) is 4.74 Å². The molecule has 0 aromatic heterocycles. The summed E-state index contributed by atoms with van der Waals surface area (Å²) < 4.78 is 5.09. The minimum atomic E-state index is -0.542. The van der Waals surface area contributed by atoms with Gasteiger partial charge < -0.3 is 9.84 Å². The lowest BCUT2D eigenvalue weighted by molar-refractivity contribution is 0.0473. The Morgan fingerprint density at radius 2 is 1.87 bits per heavy atom. The van der Waals surface area contributed by atoms with Crippen molar-refractivity contribution in [2.75, 3.05) is 7.11 Å². The van der Waals surface area contributed by atoms with Gasteiger partial charge in [-0.3, -0.25) is 0 Å². The molecule has 0 saturated heterocycles. The number of hydrogen-bond acceptors (Lipinski definition) is 2. The van der Waals surface area contributed by atoms with Crippen molar-refractivity contribution in [1.29, 1.82) is 0 Å². The predicted molar refractivity (Wildman–Crippen MR) is 62.2 cm³/mol. The van der Waals surface area contributed by atoms with Gasteiger partial charge in [0.25, 0.3) is 0 Å². The Labute approximate surface area is 91.9 Å². The minimum absolute atomic E-state index is 0.542. The predicted octanol–water partition coefficient (Wildman–Crippen LogP) is 2.79. The van der Waals surface area contributed by atoms with Crippen LogP contribution >= 0.6 is 0 Å². The number of aliphatic hydroxyl groups is 1. The Kier molecular flexibility index (Phi) is 4.15. The van der Waals surface area contributed by atoms with Gasteiger partial charge in [-0.25, -0.2) is 0 Å². The third kappa shape index (κ3) is 3.92. The molecule has 0 fully saturated rings. The van der Waals surface area contributed by atoms with Gasteiger partial charge in [-0.2, -0.15) is 0 Å². The van der Waals surface area contributed by atoms with Crippen LogP contribution < -0.4 is 4.74 Å². The Hall–Kier alpha value is -1.02. The van der Waals surface area contributed by atoms with Crippen LogP contribution in [0, 0.1) is 0 Å². The highest BCUT2D eigenvalue weighted by molar-refractivity contribution is 5.27. The van der Waals surface area contributed by atoms with Crippen molar-refractivity contribution in [2.24, 2.45) is 0 Å². The third-order valence-corrected chi connectivity index (χ3v) is 2.87. The van der Waals surface area contributed by atoms with Crippen LogP contribution in [-0.2, 0) is 6.42 Å². The molecule has 1 N–H and O–H groups in total. The minimum Gasteiger partial charge on any atom is -0.497 e. The van der Waals surface area contributed by atoms with E-state index in [9.17, 15) is 5.11 Å². The van der Waals surface area contributed by atoms with Crippen LogP contribution in [0.2, 0.25) is 0 Å². The van der Waals surface area contributed by atoms with E-state index in [1.54, 1.807) is 7.11 Å². The number of ether oxygens (including phenoxy) is 1. The molecule has 2 heteroatoms. The molecule has 1 aromatic carbocycles. The topological polar surface area (TPSA) is 29.5 Å². The first-order valence-corrected chi connectivity index (χ1v) is 5.43. The molecule has 0 aliphatic carbocycles. The molecule has 1 atom stereocenters. The SMILES string of the molecule is CCC(C)(O)CCc1ccc(OC)cc1. The summed E-state index contributed by atoms with van der Waals surface area (Å²) in [6, 6.07) is 8.00. The van der Waals surface area contributed by atoms with Crippen LogP contribution in [0.3, 0.4) is 0 Å². The fraction of sp³-hybridized carbons (Fsp3) is 0.538. The van der Waals surface area contributed by atoms with Gasteiger partial charge in [-0.05, 0) is 43.9 Å². The van der Waals surface area contributed by atoms with Crippen LogP contribution in [0.25, 0.3) is 0 Å². The molecule has 84 valence electrons. The maximum absolute atomic E-state index is 9.86. The molecule has 0 heterocycles. The fourth-order valence-corrected chi connectivity index (χ4v) is 1.38. The van der Waals surface area contributed by atoms with E-state index in [-0.39, 0.29) is 0 Å². The van der Waals surface area contributed by atoms with Crippen LogP contribution in [-0.4, -0.2) is 17.8 Å². The number of benzene rings is 1. The molecule has 2 nitrogen and oxygen atoms in total. The lowest BCUT2D eigenvalue weighted by atomic mass is 9.94. The van der Waals surface area contributed by atoms with Crippen molar-refractivity contribution < 1.29 is 9.84 Å². The summed E-state index contributed by atoms with van der Waals surface area (Å²) in [5.74, 6) is 0.876. The molecule has 15 heavy (non-hydrogen) atoms. The summed E-state index contributed by atoms with van der Waals surface area (Å²) in [7, 11) is 1.66. The second-order valence-electron chi connectivity index (χ2n) is 4.20. The van der Waals surface area contributed by atoms with Crippen LogP contribution in [0.5, 0.6) is 5.75 Å². The number of methoxy groups -OCH3 is 1.